The summed E-state index contributed by atoms with van der Waals surface area (Å²) >= 11 is 0. The molecule has 5 rings (SSSR count). The number of nitrogens with zero attached hydrogens (tertiary/aromatic N) is 1. The van der Waals surface area contributed by atoms with E-state index >= 15 is 0 Å². The molecule has 6 nitrogen and oxygen atoms in total. The lowest BCUT2D eigenvalue weighted by Gasteiger charge is -2.54. The molecule has 1 N–H and O–H groups in total. The van der Waals surface area contributed by atoms with E-state index in [1.165, 1.54) is 43.3 Å². The number of hydrogen-bond acceptors (Lipinski definition) is 5. The number of rotatable bonds is 13. The summed E-state index contributed by atoms with van der Waals surface area (Å²) in [7, 11) is 4.74. The highest BCUT2D eigenvalue weighted by atomic mass is 16.5. The van der Waals surface area contributed by atoms with Crippen LogP contribution in [0.25, 0.3) is 0 Å². The third kappa shape index (κ3) is 6.74. The van der Waals surface area contributed by atoms with Crippen LogP contribution in [0, 0.1) is 23.7 Å². The van der Waals surface area contributed by atoms with E-state index in [1.54, 1.807) is 33.5 Å². The Labute approximate surface area is 229 Å². The van der Waals surface area contributed by atoms with Crippen molar-refractivity contribution in [3.05, 3.63) is 41.0 Å². The van der Waals surface area contributed by atoms with Gasteiger partial charge in [-0.15, -0.1) is 0 Å². The van der Waals surface area contributed by atoms with Crippen LogP contribution >= 0.6 is 0 Å². The molecule has 210 valence electrons. The predicted octanol–water partition coefficient (Wildman–Crippen LogP) is 6.26. The van der Waals surface area contributed by atoms with E-state index in [-0.39, 0.29) is 5.91 Å². The van der Waals surface area contributed by atoms with Gasteiger partial charge >= 0.3 is 0 Å². The van der Waals surface area contributed by atoms with Crippen molar-refractivity contribution in [2.75, 3.05) is 41.0 Å². The molecule has 0 heterocycles. The third-order valence-electron chi connectivity index (χ3n) is 8.94. The molecule has 38 heavy (non-hydrogen) atoms. The first-order valence-electron chi connectivity index (χ1n) is 14.4. The second kappa shape index (κ2) is 13.1. The zero-order chi connectivity index (χ0) is 27.2. The van der Waals surface area contributed by atoms with Crippen LogP contribution in [0.15, 0.2) is 35.4 Å². The van der Waals surface area contributed by atoms with Crippen molar-refractivity contribution < 1.29 is 19.0 Å². The fourth-order valence-corrected chi connectivity index (χ4v) is 7.24. The summed E-state index contributed by atoms with van der Waals surface area (Å²) < 4.78 is 16.5. The average Bonchev–Trinajstić information content (AvgIpc) is 2.89. The molecule has 0 spiro atoms. The van der Waals surface area contributed by atoms with Crippen molar-refractivity contribution in [1.82, 2.24) is 10.2 Å². The van der Waals surface area contributed by atoms with E-state index in [1.807, 2.05) is 4.90 Å². The molecule has 6 heteroatoms. The lowest BCUT2D eigenvalue weighted by atomic mass is 9.54. The summed E-state index contributed by atoms with van der Waals surface area (Å²) in [4.78, 5) is 15.8. The summed E-state index contributed by atoms with van der Waals surface area (Å²) in [5, 5.41) is 3.91. The van der Waals surface area contributed by atoms with Gasteiger partial charge in [-0.05, 0) is 102 Å². The first-order valence-corrected chi connectivity index (χ1v) is 14.4. The van der Waals surface area contributed by atoms with Gasteiger partial charge in [0.1, 0.15) is 0 Å². The molecule has 1 amide bonds. The topological polar surface area (TPSA) is 60.0 Å². The van der Waals surface area contributed by atoms with Crippen molar-refractivity contribution in [2.24, 2.45) is 23.7 Å². The number of carbonyl (C=O) groups excluding carboxylic acids is 1. The second-order valence-electron chi connectivity index (χ2n) is 11.9. The smallest absolute Gasteiger partial charge is 0.254 e. The Morgan fingerprint density at radius 2 is 1.53 bits per heavy atom. The van der Waals surface area contributed by atoms with Crippen LogP contribution in [0.3, 0.4) is 0 Å². The Kier molecular flexibility index (Phi) is 9.80. The highest BCUT2D eigenvalue weighted by Crippen LogP contribution is 2.53. The molecule has 4 aliphatic rings. The van der Waals surface area contributed by atoms with E-state index < -0.39 is 0 Å². The van der Waals surface area contributed by atoms with Crippen LogP contribution < -0.4 is 19.5 Å². The standard InChI is InChI=1S/C32H48N2O4/c1-21(2)8-7-9-22(3)10-12-34(32(35)27-19-28(36-4)31(38-6)29(20-27)37-5)13-11-33-30-25-15-23-14-24(17-25)18-26(30)16-23/h8,10,19-20,23-26,30,33H,7,9,11-18H2,1-6H3/b22-10+. The normalized spacial score (nSPS) is 25.7. The zero-order valence-corrected chi connectivity index (χ0v) is 24.3. The van der Waals surface area contributed by atoms with Crippen LogP contribution in [-0.4, -0.2) is 57.8 Å². The lowest BCUT2D eigenvalue weighted by Crippen LogP contribution is -2.55. The Morgan fingerprint density at radius 1 is 0.921 bits per heavy atom. The van der Waals surface area contributed by atoms with Gasteiger partial charge in [-0.2, -0.15) is 0 Å². The van der Waals surface area contributed by atoms with Gasteiger partial charge < -0.3 is 24.4 Å². The van der Waals surface area contributed by atoms with Gasteiger partial charge in [0.25, 0.3) is 5.91 Å². The maximum absolute atomic E-state index is 13.8. The SMILES string of the molecule is COc1cc(C(=O)N(C/C=C(\C)CCC=C(C)C)CCNC2C3CC4CC(C3)CC2C4)cc(OC)c1OC. The first kappa shape index (κ1) is 28.5. The minimum absolute atomic E-state index is 0.0236. The zero-order valence-electron chi connectivity index (χ0n) is 24.3. The number of amides is 1. The van der Waals surface area contributed by atoms with Crippen LogP contribution in [0.4, 0.5) is 0 Å². The molecule has 0 atom stereocenters. The first-order chi connectivity index (χ1) is 18.3. The molecule has 4 bridgehead atoms. The number of allylic oxidation sites excluding steroid dienone is 3. The summed E-state index contributed by atoms with van der Waals surface area (Å²) in [5.74, 6) is 5.04. The minimum Gasteiger partial charge on any atom is -0.493 e. The summed E-state index contributed by atoms with van der Waals surface area (Å²) in [6.07, 6.45) is 13.6. The van der Waals surface area contributed by atoms with Crippen LogP contribution in [-0.2, 0) is 0 Å². The maximum atomic E-state index is 13.8. The van der Waals surface area contributed by atoms with E-state index in [0.29, 0.717) is 41.9 Å². The molecule has 4 fully saturated rings. The monoisotopic (exact) mass is 524 g/mol. The van der Waals surface area contributed by atoms with E-state index in [0.717, 1.165) is 43.1 Å². The van der Waals surface area contributed by atoms with Crippen LogP contribution in [0.1, 0.15) is 76.1 Å². The fourth-order valence-electron chi connectivity index (χ4n) is 7.24. The third-order valence-corrected chi connectivity index (χ3v) is 8.94. The average molecular weight is 525 g/mol. The van der Waals surface area contributed by atoms with Crippen molar-refractivity contribution in [3.8, 4) is 17.2 Å². The van der Waals surface area contributed by atoms with E-state index in [4.69, 9.17) is 14.2 Å². The summed E-state index contributed by atoms with van der Waals surface area (Å²) in [6.45, 7) is 8.48. The Balaban J connectivity index is 1.47. The molecule has 0 unspecified atom stereocenters. The van der Waals surface area contributed by atoms with Gasteiger partial charge in [0.2, 0.25) is 5.75 Å². The van der Waals surface area contributed by atoms with E-state index in [9.17, 15) is 4.79 Å². The Morgan fingerprint density at radius 3 is 2.05 bits per heavy atom. The number of carbonyl (C=O) groups is 1. The number of hydrogen-bond donors (Lipinski definition) is 1. The second-order valence-corrected chi connectivity index (χ2v) is 11.9. The van der Waals surface area contributed by atoms with E-state index in [2.05, 4.69) is 38.2 Å². The molecular formula is C32H48N2O4. The largest absolute Gasteiger partial charge is 0.493 e. The molecule has 0 saturated heterocycles. The molecule has 1 aromatic rings. The van der Waals surface area contributed by atoms with Gasteiger partial charge in [0.05, 0.1) is 21.3 Å². The van der Waals surface area contributed by atoms with Gasteiger partial charge in [-0.3, -0.25) is 4.79 Å². The Hall–Kier alpha value is -2.47. The number of ether oxygens (including phenoxy) is 3. The molecule has 4 saturated carbocycles. The van der Waals surface area contributed by atoms with Crippen LogP contribution in [0.2, 0.25) is 0 Å². The summed E-state index contributed by atoms with van der Waals surface area (Å²) in [6, 6.07) is 4.13. The number of methoxy groups -OCH3 is 3. The quantitative estimate of drug-likeness (QED) is 0.309. The highest BCUT2D eigenvalue weighted by molar-refractivity contribution is 5.95. The molecular weight excluding hydrogens is 476 g/mol. The maximum Gasteiger partial charge on any atom is 0.254 e. The minimum atomic E-state index is -0.0236. The lowest BCUT2D eigenvalue weighted by molar-refractivity contribution is -0.0139. The van der Waals surface area contributed by atoms with Crippen molar-refractivity contribution in [1.29, 1.82) is 0 Å². The van der Waals surface area contributed by atoms with Crippen molar-refractivity contribution in [2.45, 2.75) is 71.8 Å². The molecule has 1 aromatic carbocycles. The van der Waals surface area contributed by atoms with Gasteiger partial charge in [-0.25, -0.2) is 0 Å². The Bertz CT molecular complexity index is 973. The van der Waals surface area contributed by atoms with Gasteiger partial charge in [0.15, 0.2) is 11.5 Å². The molecule has 0 aliphatic heterocycles. The van der Waals surface area contributed by atoms with Crippen molar-refractivity contribution in [3.63, 3.8) is 0 Å². The number of benzene rings is 1. The molecule has 0 aromatic heterocycles. The molecule has 4 aliphatic carbocycles. The summed E-state index contributed by atoms with van der Waals surface area (Å²) in [5.41, 5.74) is 3.19. The van der Waals surface area contributed by atoms with Crippen molar-refractivity contribution >= 4 is 5.91 Å². The highest BCUT2D eigenvalue weighted by Gasteiger charge is 2.47. The van der Waals surface area contributed by atoms with Crippen LogP contribution in [0.5, 0.6) is 17.2 Å². The number of nitrogens with one attached hydrogen (secondary N) is 1. The predicted molar refractivity (Wildman–Crippen MR) is 153 cm³/mol. The van der Waals surface area contributed by atoms with Gasteiger partial charge in [0, 0.05) is 31.2 Å². The molecule has 0 radical (unpaired) electrons. The van der Waals surface area contributed by atoms with Gasteiger partial charge in [-0.1, -0.05) is 23.3 Å². The fraction of sp³-hybridized carbons (Fsp3) is 0.656.